The number of carbonyl (C=O) groups is 1. The smallest absolute Gasteiger partial charge is 0.267 e. The molecule has 2 aliphatic rings. The highest BCUT2D eigenvalue weighted by molar-refractivity contribution is 7.90. The van der Waals surface area contributed by atoms with Gasteiger partial charge < -0.3 is 9.64 Å². The number of pyridine rings is 2. The van der Waals surface area contributed by atoms with E-state index in [4.69, 9.17) is 16.3 Å². The van der Waals surface area contributed by atoms with Crippen molar-refractivity contribution in [3.63, 3.8) is 0 Å². The molecule has 0 radical (unpaired) electrons. The third-order valence-electron chi connectivity index (χ3n) is 9.98. The second-order valence-electron chi connectivity index (χ2n) is 13.7. The molecule has 0 spiro atoms. The summed E-state index contributed by atoms with van der Waals surface area (Å²) in [5, 5.41) is 12.2. The van der Waals surface area contributed by atoms with Gasteiger partial charge in [-0.05, 0) is 44.0 Å². The first kappa shape index (κ1) is 41.0. The summed E-state index contributed by atoms with van der Waals surface area (Å²) < 4.78 is 85.1. The van der Waals surface area contributed by atoms with Gasteiger partial charge in [0.2, 0.25) is 10.0 Å². The molecule has 1 N–H and O–H groups in total. The Morgan fingerprint density at radius 3 is 2.55 bits per heavy atom. The molecular weight excluding hydrogens is 824 g/mol. The van der Waals surface area contributed by atoms with E-state index in [9.17, 15) is 40.8 Å². The summed E-state index contributed by atoms with van der Waals surface area (Å²) in [6.07, 6.45) is -1.66. The number of fused-ring (bicyclic) bond motifs is 2. The highest BCUT2D eigenvalue weighted by Gasteiger charge is 2.36. The van der Waals surface area contributed by atoms with Crippen molar-refractivity contribution in [2.24, 2.45) is 0 Å². The lowest BCUT2D eigenvalue weighted by Gasteiger charge is -2.45. The number of benzene rings is 1. The van der Waals surface area contributed by atoms with Gasteiger partial charge in [-0.3, -0.25) is 24.0 Å². The highest BCUT2D eigenvalue weighted by atomic mass is 35.5. The van der Waals surface area contributed by atoms with Crippen LogP contribution in [0.1, 0.15) is 40.2 Å². The van der Waals surface area contributed by atoms with E-state index < -0.39 is 40.1 Å². The van der Waals surface area contributed by atoms with Crippen molar-refractivity contribution in [2.75, 3.05) is 43.5 Å². The fourth-order valence-corrected chi connectivity index (χ4v) is 9.21. The minimum absolute atomic E-state index is 0.0540. The Bertz CT molecular complexity index is 2680. The van der Waals surface area contributed by atoms with Crippen LogP contribution in [-0.4, -0.2) is 102 Å². The molecule has 4 aromatic heterocycles. The molecule has 0 aliphatic carbocycles. The van der Waals surface area contributed by atoms with E-state index in [0.29, 0.717) is 77.2 Å². The number of anilines is 1. The molecule has 1 aromatic carbocycles. The molecule has 2 aliphatic heterocycles. The zero-order chi connectivity index (χ0) is 41.3. The van der Waals surface area contributed by atoms with Crippen LogP contribution in [0.5, 0.6) is 0 Å². The maximum atomic E-state index is 14.1. The quantitative estimate of drug-likeness (QED) is 0.137. The first-order valence-electron chi connectivity index (χ1n) is 17.9. The average Bonchev–Trinajstić information content (AvgIpc) is 3.59. The van der Waals surface area contributed by atoms with Crippen molar-refractivity contribution >= 4 is 65.8 Å². The van der Waals surface area contributed by atoms with Crippen LogP contribution in [0.4, 0.5) is 23.4 Å². The third-order valence-corrected chi connectivity index (χ3v) is 12.4. The van der Waals surface area contributed by atoms with Crippen LogP contribution in [-0.2, 0) is 21.3 Å². The Balaban J connectivity index is 1.16. The lowest BCUT2D eigenvalue weighted by molar-refractivity contribution is -0.0965. The molecule has 0 atom stereocenters. The summed E-state index contributed by atoms with van der Waals surface area (Å²) in [7, 11) is -4.60. The van der Waals surface area contributed by atoms with Crippen LogP contribution in [0.15, 0.2) is 46.8 Å². The molecule has 302 valence electrons. The van der Waals surface area contributed by atoms with E-state index in [1.807, 2.05) is 9.80 Å². The Morgan fingerprint density at radius 1 is 1.12 bits per heavy atom. The number of aryl methyl sites for hydroxylation is 1. The zero-order valence-corrected chi connectivity index (χ0v) is 33.0. The number of alkyl halides is 4. The van der Waals surface area contributed by atoms with E-state index in [1.54, 1.807) is 35.9 Å². The van der Waals surface area contributed by atoms with Gasteiger partial charge in [-0.2, -0.15) is 5.26 Å². The number of sulfonamides is 1. The number of thiophene rings is 1. The summed E-state index contributed by atoms with van der Waals surface area (Å²) in [4.78, 5) is 44.0. The number of nitrogens with one attached hydrogen (secondary N) is 1. The number of rotatable bonds is 11. The standard InChI is InChI=1S/C38H33ClF4N8O5S2/c1-21-47-30-15-46-36(49-11-7-24(8-12-49)51(16-31(40)41)25-17-56-18-25)28(14-44)33(30)38(53)50(21)10-2-3-22-4-5-23(39)13-27(22)26-6-9-45-34-29(19-57-35(26)34)37(52)48-58(54,55)20-32(42)43/h4-6,9,13,15,19,24-25,31-32H,7-8,10-12,16-18,20H2,1H3,(H,48,52). The average molecular weight is 857 g/mol. The predicted octanol–water partition coefficient (Wildman–Crippen LogP) is 5.21. The second-order valence-corrected chi connectivity index (χ2v) is 16.7. The summed E-state index contributed by atoms with van der Waals surface area (Å²) in [5.74, 6) is 4.11. The lowest BCUT2D eigenvalue weighted by atomic mass is 9.99. The Hall–Kier alpha value is -5.18. The number of aromatic nitrogens is 4. The minimum atomic E-state index is -4.60. The minimum Gasteiger partial charge on any atom is -0.378 e. The van der Waals surface area contributed by atoms with Gasteiger partial charge in [0.25, 0.3) is 24.3 Å². The van der Waals surface area contributed by atoms with Gasteiger partial charge in [0.05, 0.1) is 65.2 Å². The van der Waals surface area contributed by atoms with Crippen LogP contribution in [0, 0.1) is 30.1 Å². The maximum absolute atomic E-state index is 14.1. The van der Waals surface area contributed by atoms with Crippen molar-refractivity contribution in [2.45, 2.75) is 51.2 Å². The van der Waals surface area contributed by atoms with Gasteiger partial charge in [0.15, 0.2) is 0 Å². The van der Waals surface area contributed by atoms with Crippen molar-refractivity contribution in [1.82, 2.24) is 29.1 Å². The molecule has 6 heterocycles. The summed E-state index contributed by atoms with van der Waals surface area (Å²) in [6, 6.07) is 8.62. The van der Waals surface area contributed by atoms with E-state index in [-0.39, 0.29) is 52.7 Å². The Morgan fingerprint density at radius 2 is 1.88 bits per heavy atom. The topological polar surface area (TPSA) is 163 Å². The van der Waals surface area contributed by atoms with Gasteiger partial charge in [0, 0.05) is 52.4 Å². The number of amides is 1. The van der Waals surface area contributed by atoms with Crippen molar-refractivity contribution < 1.29 is 35.5 Å². The molecule has 0 unspecified atom stereocenters. The Labute approximate surface area is 338 Å². The summed E-state index contributed by atoms with van der Waals surface area (Å²) in [5.41, 5.74) is 1.40. The number of nitriles is 1. The summed E-state index contributed by atoms with van der Waals surface area (Å²) >= 11 is 7.48. The monoisotopic (exact) mass is 856 g/mol. The van der Waals surface area contributed by atoms with Gasteiger partial charge in [-0.15, -0.1) is 11.3 Å². The van der Waals surface area contributed by atoms with Crippen LogP contribution in [0.25, 0.3) is 32.2 Å². The third kappa shape index (κ3) is 8.50. The zero-order valence-electron chi connectivity index (χ0n) is 30.6. The molecule has 2 fully saturated rings. The molecule has 7 rings (SSSR count). The number of nitrogens with zero attached hydrogens (tertiary/aromatic N) is 7. The van der Waals surface area contributed by atoms with E-state index in [0.717, 1.165) is 11.3 Å². The molecule has 5 aromatic rings. The van der Waals surface area contributed by atoms with Gasteiger partial charge in [-0.1, -0.05) is 23.4 Å². The number of piperidine rings is 1. The molecule has 58 heavy (non-hydrogen) atoms. The van der Waals surface area contributed by atoms with E-state index >= 15 is 0 Å². The first-order valence-corrected chi connectivity index (χ1v) is 20.8. The predicted molar refractivity (Wildman–Crippen MR) is 210 cm³/mol. The molecule has 20 heteroatoms. The fraction of sp³-hybridized carbons (Fsp3) is 0.368. The van der Waals surface area contributed by atoms with Gasteiger partial charge in [0.1, 0.15) is 29.0 Å². The van der Waals surface area contributed by atoms with Gasteiger partial charge in [-0.25, -0.2) is 40.7 Å². The van der Waals surface area contributed by atoms with Crippen molar-refractivity contribution in [1.29, 1.82) is 5.26 Å². The van der Waals surface area contributed by atoms with Crippen LogP contribution in [0.2, 0.25) is 5.02 Å². The highest BCUT2D eigenvalue weighted by Crippen LogP contribution is 2.37. The maximum Gasteiger partial charge on any atom is 0.267 e. The first-order chi connectivity index (χ1) is 27.7. The van der Waals surface area contributed by atoms with Crippen LogP contribution in [0.3, 0.4) is 0 Å². The molecule has 0 bridgehead atoms. The van der Waals surface area contributed by atoms with Crippen LogP contribution >= 0.6 is 22.9 Å². The van der Waals surface area contributed by atoms with E-state index in [2.05, 4.69) is 32.9 Å². The fourth-order valence-electron chi connectivity index (χ4n) is 7.19. The molecular formula is C38H33ClF4N8O5S2. The SMILES string of the molecule is Cc1nc2cnc(N3CCC(N(CC(F)F)C4COC4)CC3)c(C#N)c2c(=O)n1CC#Cc1ccc(Cl)cc1-c1ccnc2c(C(=O)NS(=O)(=O)CC(F)F)csc12. The molecule has 2 saturated heterocycles. The normalized spacial score (nSPS) is 15.2. The van der Waals surface area contributed by atoms with Crippen molar-refractivity contribution in [3.8, 4) is 29.0 Å². The van der Waals surface area contributed by atoms with Crippen molar-refractivity contribution in [3.05, 3.63) is 79.9 Å². The molecule has 13 nitrogen and oxygen atoms in total. The number of halogens is 5. The molecule has 1 amide bonds. The lowest BCUT2D eigenvalue weighted by Crippen LogP contribution is -2.57. The van der Waals surface area contributed by atoms with Gasteiger partial charge >= 0.3 is 0 Å². The number of ether oxygens (including phenoxy) is 1. The second kappa shape index (κ2) is 17.0. The number of hydrogen-bond donors (Lipinski definition) is 1. The largest absolute Gasteiger partial charge is 0.378 e. The van der Waals surface area contributed by atoms with E-state index in [1.165, 1.54) is 22.3 Å². The number of carbonyl (C=O) groups excluding carboxylic acids is 1. The Kier molecular flexibility index (Phi) is 12.0. The molecule has 0 saturated carbocycles. The van der Waals surface area contributed by atoms with Crippen LogP contribution < -0.4 is 15.2 Å². The summed E-state index contributed by atoms with van der Waals surface area (Å²) in [6.45, 7) is 2.91. The number of hydrogen-bond acceptors (Lipinski definition) is 12.